The zero-order valence-electron chi connectivity index (χ0n) is 17.4. The van der Waals surface area contributed by atoms with Crippen molar-refractivity contribution in [1.82, 2.24) is 4.57 Å². The minimum atomic E-state index is -0.310. The van der Waals surface area contributed by atoms with E-state index >= 15 is 0 Å². The van der Waals surface area contributed by atoms with Gasteiger partial charge in [-0.2, -0.15) is 4.99 Å². The van der Waals surface area contributed by atoms with Gasteiger partial charge in [0.15, 0.2) is 4.80 Å². The summed E-state index contributed by atoms with van der Waals surface area (Å²) in [5, 5.41) is 0. The fourth-order valence-corrected chi connectivity index (χ4v) is 4.08. The molecule has 3 aromatic rings. The van der Waals surface area contributed by atoms with E-state index in [-0.39, 0.29) is 5.91 Å². The van der Waals surface area contributed by atoms with Crippen LogP contribution >= 0.6 is 11.3 Å². The first-order chi connectivity index (χ1) is 14.7. The Morgan fingerprint density at radius 2 is 1.87 bits per heavy atom. The lowest BCUT2D eigenvalue weighted by Crippen LogP contribution is -2.16. The van der Waals surface area contributed by atoms with Gasteiger partial charge >= 0.3 is 0 Å². The second-order valence-electron chi connectivity index (χ2n) is 6.73. The second-order valence-corrected chi connectivity index (χ2v) is 7.74. The van der Waals surface area contributed by atoms with Gasteiger partial charge in [-0.3, -0.25) is 4.79 Å². The fraction of sp³-hybridized carbons (Fsp3) is 0.333. The van der Waals surface area contributed by atoms with E-state index in [4.69, 9.17) is 15.9 Å². The van der Waals surface area contributed by atoms with Crippen LogP contribution in [-0.4, -0.2) is 23.7 Å². The molecule has 0 saturated heterocycles. The van der Waals surface area contributed by atoms with E-state index in [2.05, 4.69) is 17.8 Å². The molecule has 1 aromatic heterocycles. The molecule has 0 fully saturated rings. The molecule has 0 aliphatic heterocycles. The molecule has 1 amide bonds. The monoisotopic (exact) mass is 422 g/mol. The molecule has 1 heterocycles. The van der Waals surface area contributed by atoms with Crippen LogP contribution in [0.4, 0.5) is 0 Å². The molecular formula is C24H26N2O3S. The number of fused-ring (bicyclic) bond motifs is 1. The average Bonchev–Trinajstić information content (AvgIpc) is 3.08. The van der Waals surface area contributed by atoms with Crippen LogP contribution in [0.15, 0.2) is 47.5 Å². The number of unbranched alkanes of at least 4 members (excludes halogenated alkanes) is 2. The molecule has 0 atom stereocenters. The molecule has 3 rings (SSSR count). The molecular weight excluding hydrogens is 396 g/mol. The van der Waals surface area contributed by atoms with E-state index < -0.39 is 0 Å². The van der Waals surface area contributed by atoms with Crippen LogP contribution in [-0.2, 0) is 6.54 Å². The summed E-state index contributed by atoms with van der Waals surface area (Å²) >= 11 is 1.42. The highest BCUT2D eigenvalue weighted by molar-refractivity contribution is 7.16. The van der Waals surface area contributed by atoms with Crippen molar-refractivity contribution in [3.05, 3.63) is 52.8 Å². The van der Waals surface area contributed by atoms with Gasteiger partial charge in [-0.05, 0) is 55.8 Å². The smallest absolute Gasteiger partial charge is 0.279 e. The third-order valence-electron chi connectivity index (χ3n) is 4.53. The highest BCUT2D eigenvalue weighted by atomic mass is 32.1. The van der Waals surface area contributed by atoms with Gasteiger partial charge in [-0.1, -0.05) is 37.0 Å². The van der Waals surface area contributed by atoms with Crippen LogP contribution in [0.3, 0.4) is 0 Å². The third-order valence-corrected chi connectivity index (χ3v) is 5.57. The summed E-state index contributed by atoms with van der Waals surface area (Å²) in [6.07, 6.45) is 8.87. The predicted octanol–water partition coefficient (Wildman–Crippen LogP) is 5.04. The topological polar surface area (TPSA) is 52.8 Å². The Morgan fingerprint density at radius 1 is 1.10 bits per heavy atom. The molecule has 0 spiro atoms. The van der Waals surface area contributed by atoms with Crippen molar-refractivity contribution in [2.75, 3.05) is 13.2 Å². The van der Waals surface area contributed by atoms with Crippen LogP contribution < -0.4 is 14.3 Å². The standard InChI is InChI=1S/C24H26N2O3S/c1-4-7-8-16-29-19-11-9-18(10-12-19)23(27)25-24-26(15-5-2)21-14-13-20(28-6-3)17-22(21)30-24/h2,9-14,17H,4,6-8,15-16H2,1,3H3. The number of thiazole rings is 1. The zero-order valence-corrected chi connectivity index (χ0v) is 18.2. The molecule has 6 heteroatoms. The lowest BCUT2D eigenvalue weighted by atomic mass is 10.2. The van der Waals surface area contributed by atoms with Gasteiger partial charge in [0.05, 0.1) is 30.0 Å². The van der Waals surface area contributed by atoms with Crippen molar-refractivity contribution in [3.63, 3.8) is 0 Å². The van der Waals surface area contributed by atoms with Gasteiger partial charge in [0.2, 0.25) is 0 Å². The number of hydrogen-bond donors (Lipinski definition) is 0. The van der Waals surface area contributed by atoms with E-state index in [1.54, 1.807) is 12.1 Å². The van der Waals surface area contributed by atoms with E-state index in [9.17, 15) is 4.79 Å². The van der Waals surface area contributed by atoms with Gasteiger partial charge in [-0.15, -0.1) is 6.42 Å². The van der Waals surface area contributed by atoms with Crippen LogP contribution in [0.2, 0.25) is 0 Å². The number of hydrogen-bond acceptors (Lipinski definition) is 4. The second kappa shape index (κ2) is 10.7. The highest BCUT2D eigenvalue weighted by Gasteiger charge is 2.10. The Kier molecular flexibility index (Phi) is 7.69. The fourth-order valence-electron chi connectivity index (χ4n) is 3.03. The zero-order chi connectivity index (χ0) is 21.3. The third kappa shape index (κ3) is 5.31. The largest absolute Gasteiger partial charge is 0.494 e. The van der Waals surface area contributed by atoms with Crippen LogP contribution in [0.25, 0.3) is 10.2 Å². The minimum Gasteiger partial charge on any atom is -0.494 e. The summed E-state index contributed by atoms with van der Waals surface area (Å²) in [7, 11) is 0. The van der Waals surface area contributed by atoms with Crippen molar-refractivity contribution in [3.8, 4) is 23.8 Å². The van der Waals surface area contributed by atoms with Gasteiger partial charge in [0.25, 0.3) is 5.91 Å². The van der Waals surface area contributed by atoms with Crippen LogP contribution in [0.1, 0.15) is 43.5 Å². The van der Waals surface area contributed by atoms with Crippen molar-refractivity contribution in [1.29, 1.82) is 0 Å². The Morgan fingerprint density at radius 3 is 2.57 bits per heavy atom. The first-order valence-corrected chi connectivity index (χ1v) is 11.0. The molecule has 30 heavy (non-hydrogen) atoms. The van der Waals surface area contributed by atoms with Gasteiger partial charge < -0.3 is 14.0 Å². The number of carbonyl (C=O) groups is 1. The molecule has 0 unspecified atom stereocenters. The van der Waals surface area contributed by atoms with Crippen LogP contribution in [0.5, 0.6) is 11.5 Å². The maximum atomic E-state index is 12.7. The number of nitrogens with zero attached hydrogens (tertiary/aromatic N) is 2. The van der Waals surface area contributed by atoms with E-state index in [1.165, 1.54) is 11.3 Å². The number of rotatable bonds is 9. The minimum absolute atomic E-state index is 0.310. The number of benzene rings is 2. The molecule has 0 bridgehead atoms. The van der Waals surface area contributed by atoms with E-state index in [0.29, 0.717) is 30.1 Å². The maximum absolute atomic E-state index is 12.7. The van der Waals surface area contributed by atoms with Crippen molar-refractivity contribution >= 4 is 27.5 Å². The number of ether oxygens (including phenoxy) is 2. The Bertz CT molecular complexity index is 1100. The Hall–Kier alpha value is -3.04. The summed E-state index contributed by atoms with van der Waals surface area (Å²) < 4.78 is 14.1. The van der Waals surface area contributed by atoms with Crippen molar-refractivity contribution < 1.29 is 14.3 Å². The quantitative estimate of drug-likeness (QED) is 0.358. The first-order valence-electron chi connectivity index (χ1n) is 10.2. The van der Waals surface area contributed by atoms with Crippen LogP contribution in [0, 0.1) is 12.3 Å². The van der Waals surface area contributed by atoms with Crippen molar-refractivity contribution in [2.45, 2.75) is 39.7 Å². The number of terminal acetylenes is 1. The Balaban J connectivity index is 1.85. The lowest BCUT2D eigenvalue weighted by molar-refractivity contribution is 0.0998. The molecule has 0 radical (unpaired) electrons. The summed E-state index contributed by atoms with van der Waals surface area (Å²) in [4.78, 5) is 17.6. The molecule has 0 saturated carbocycles. The molecule has 5 nitrogen and oxygen atoms in total. The molecule has 156 valence electrons. The SMILES string of the molecule is C#CCn1c(=NC(=O)c2ccc(OCCCCC)cc2)sc2cc(OCC)ccc21. The van der Waals surface area contributed by atoms with Crippen molar-refractivity contribution in [2.24, 2.45) is 4.99 Å². The van der Waals surface area contributed by atoms with Gasteiger partial charge in [0, 0.05) is 5.56 Å². The van der Waals surface area contributed by atoms with Gasteiger partial charge in [0.1, 0.15) is 11.5 Å². The summed E-state index contributed by atoms with van der Waals surface area (Å²) in [5.74, 6) is 3.88. The van der Waals surface area contributed by atoms with E-state index in [0.717, 1.165) is 41.0 Å². The highest BCUT2D eigenvalue weighted by Crippen LogP contribution is 2.23. The predicted molar refractivity (Wildman–Crippen MR) is 121 cm³/mol. The lowest BCUT2D eigenvalue weighted by Gasteiger charge is -2.05. The normalized spacial score (nSPS) is 11.4. The number of aromatic nitrogens is 1. The molecule has 0 N–H and O–H groups in total. The molecule has 0 aliphatic carbocycles. The van der Waals surface area contributed by atoms with Gasteiger partial charge in [-0.25, -0.2) is 0 Å². The number of amides is 1. The number of carbonyl (C=O) groups excluding carboxylic acids is 1. The molecule has 0 aliphatic rings. The summed E-state index contributed by atoms with van der Waals surface area (Å²) in [6, 6.07) is 12.9. The first kappa shape index (κ1) is 21.7. The summed E-state index contributed by atoms with van der Waals surface area (Å²) in [5.41, 5.74) is 1.44. The molecule has 2 aromatic carbocycles. The summed E-state index contributed by atoms with van der Waals surface area (Å²) in [6.45, 7) is 5.72. The average molecular weight is 423 g/mol. The Labute approximate surface area is 181 Å². The maximum Gasteiger partial charge on any atom is 0.279 e. The van der Waals surface area contributed by atoms with E-state index in [1.807, 2.05) is 41.8 Å².